The molecule has 0 bridgehead atoms. The van der Waals surface area contributed by atoms with Crippen molar-refractivity contribution in [3.63, 3.8) is 0 Å². The Hall–Kier alpha value is -1.67. The monoisotopic (exact) mass is 254 g/mol. The minimum atomic E-state index is 0.396. The number of aromatic nitrogens is 1. The van der Waals surface area contributed by atoms with Gasteiger partial charge in [0, 0.05) is 17.9 Å². The number of pyridine rings is 1. The van der Waals surface area contributed by atoms with Crippen molar-refractivity contribution in [3.05, 3.63) is 65.5 Å². The van der Waals surface area contributed by atoms with Crippen LogP contribution in [0.3, 0.4) is 0 Å². The molecule has 2 nitrogen and oxygen atoms in total. The van der Waals surface area contributed by atoms with Gasteiger partial charge in [-0.2, -0.15) is 0 Å². The zero-order valence-corrected chi connectivity index (χ0v) is 11.8. The molecule has 0 spiro atoms. The number of aryl methyl sites for hydroxylation is 2. The van der Waals surface area contributed by atoms with Gasteiger partial charge in [-0.25, -0.2) is 0 Å². The van der Waals surface area contributed by atoms with E-state index in [-0.39, 0.29) is 0 Å². The van der Waals surface area contributed by atoms with E-state index in [0.29, 0.717) is 6.04 Å². The van der Waals surface area contributed by atoms with E-state index in [4.69, 9.17) is 0 Å². The minimum absolute atomic E-state index is 0.396. The molecule has 2 aromatic rings. The third-order valence-corrected chi connectivity index (χ3v) is 3.55. The molecule has 0 fully saturated rings. The molecule has 1 N–H and O–H groups in total. The van der Waals surface area contributed by atoms with Crippen molar-refractivity contribution in [1.82, 2.24) is 10.3 Å². The van der Waals surface area contributed by atoms with Gasteiger partial charge in [0.25, 0.3) is 0 Å². The topological polar surface area (TPSA) is 24.9 Å². The third-order valence-electron chi connectivity index (χ3n) is 3.55. The van der Waals surface area contributed by atoms with Crippen LogP contribution in [0.1, 0.15) is 36.2 Å². The van der Waals surface area contributed by atoms with Crippen molar-refractivity contribution < 1.29 is 0 Å². The fourth-order valence-electron chi connectivity index (χ4n) is 2.30. The van der Waals surface area contributed by atoms with Crippen molar-refractivity contribution in [1.29, 1.82) is 0 Å². The summed E-state index contributed by atoms with van der Waals surface area (Å²) in [6, 6.07) is 15.4. The number of rotatable bonds is 6. The molecule has 0 aliphatic rings. The average molecular weight is 254 g/mol. The Morgan fingerprint density at radius 2 is 1.89 bits per heavy atom. The van der Waals surface area contributed by atoms with Gasteiger partial charge in [-0.1, -0.05) is 37.3 Å². The highest BCUT2D eigenvalue weighted by Crippen LogP contribution is 2.19. The maximum Gasteiger partial charge on any atom is 0.0404 e. The van der Waals surface area contributed by atoms with Crippen LogP contribution >= 0.6 is 0 Å². The van der Waals surface area contributed by atoms with E-state index in [1.807, 2.05) is 25.4 Å². The maximum absolute atomic E-state index is 4.38. The van der Waals surface area contributed by atoms with Gasteiger partial charge < -0.3 is 5.32 Å². The van der Waals surface area contributed by atoms with Crippen molar-refractivity contribution in [3.8, 4) is 0 Å². The Kier molecular flexibility index (Phi) is 5.10. The molecule has 2 heteroatoms. The van der Waals surface area contributed by atoms with Crippen molar-refractivity contribution in [2.45, 2.75) is 32.2 Å². The zero-order chi connectivity index (χ0) is 13.5. The van der Waals surface area contributed by atoms with Gasteiger partial charge >= 0.3 is 0 Å². The first-order chi connectivity index (χ1) is 9.33. The minimum Gasteiger partial charge on any atom is -0.313 e. The summed E-state index contributed by atoms with van der Waals surface area (Å²) in [5.41, 5.74) is 3.91. The third kappa shape index (κ3) is 3.90. The molecule has 19 heavy (non-hydrogen) atoms. The molecule has 1 aromatic carbocycles. The summed E-state index contributed by atoms with van der Waals surface area (Å²) >= 11 is 0. The highest BCUT2D eigenvalue weighted by Gasteiger charge is 2.09. The van der Waals surface area contributed by atoms with E-state index >= 15 is 0 Å². The molecule has 0 saturated carbocycles. The van der Waals surface area contributed by atoms with Gasteiger partial charge in [0.2, 0.25) is 0 Å². The van der Waals surface area contributed by atoms with E-state index in [1.165, 1.54) is 11.1 Å². The molecule has 2 rings (SSSR count). The Morgan fingerprint density at radius 1 is 1.11 bits per heavy atom. The molecule has 0 saturated heterocycles. The number of hydrogen-bond donors (Lipinski definition) is 1. The number of benzene rings is 1. The van der Waals surface area contributed by atoms with Crippen LogP contribution in [0.2, 0.25) is 0 Å². The summed E-state index contributed by atoms with van der Waals surface area (Å²) in [4.78, 5) is 4.38. The van der Waals surface area contributed by atoms with Crippen molar-refractivity contribution in [2.75, 3.05) is 7.05 Å². The SMILES string of the molecule is CCc1ccc(C(CCc2ccccn2)NC)cc1. The zero-order valence-electron chi connectivity index (χ0n) is 11.8. The van der Waals surface area contributed by atoms with Gasteiger partial charge in [0.05, 0.1) is 0 Å². The molecule has 1 aromatic heterocycles. The largest absolute Gasteiger partial charge is 0.313 e. The van der Waals surface area contributed by atoms with E-state index in [2.05, 4.69) is 47.6 Å². The Labute approximate surface area is 115 Å². The summed E-state index contributed by atoms with van der Waals surface area (Å²) in [5.74, 6) is 0. The predicted octanol–water partition coefficient (Wildman–Crippen LogP) is 3.54. The fourth-order valence-corrected chi connectivity index (χ4v) is 2.30. The Balaban J connectivity index is 1.99. The highest BCUT2D eigenvalue weighted by molar-refractivity contribution is 5.25. The second-order valence-electron chi connectivity index (χ2n) is 4.80. The van der Waals surface area contributed by atoms with E-state index < -0.39 is 0 Å². The lowest BCUT2D eigenvalue weighted by atomic mass is 9.99. The molecule has 1 heterocycles. The second kappa shape index (κ2) is 7.05. The fraction of sp³-hybridized carbons (Fsp3) is 0.353. The molecule has 0 aliphatic heterocycles. The van der Waals surface area contributed by atoms with Crippen LogP contribution in [0.15, 0.2) is 48.7 Å². The molecule has 0 aliphatic carbocycles. The summed E-state index contributed by atoms with van der Waals surface area (Å²) in [7, 11) is 2.02. The lowest BCUT2D eigenvalue weighted by Gasteiger charge is -2.16. The summed E-state index contributed by atoms with van der Waals surface area (Å²) < 4.78 is 0. The Bertz CT molecular complexity index is 476. The van der Waals surface area contributed by atoms with Crippen LogP contribution in [0, 0.1) is 0 Å². The number of hydrogen-bond acceptors (Lipinski definition) is 2. The van der Waals surface area contributed by atoms with Gasteiger partial charge in [-0.05, 0) is 49.6 Å². The molecule has 1 atom stereocenters. The van der Waals surface area contributed by atoms with Crippen LogP contribution in [0.5, 0.6) is 0 Å². The quantitative estimate of drug-likeness (QED) is 0.853. The second-order valence-corrected chi connectivity index (χ2v) is 4.80. The van der Waals surface area contributed by atoms with Gasteiger partial charge in [-0.3, -0.25) is 4.98 Å². The molecule has 0 amide bonds. The van der Waals surface area contributed by atoms with Crippen LogP contribution in [0.25, 0.3) is 0 Å². The number of nitrogens with one attached hydrogen (secondary N) is 1. The smallest absolute Gasteiger partial charge is 0.0404 e. The summed E-state index contributed by atoms with van der Waals surface area (Å²) in [6.07, 6.45) is 5.03. The molecule has 0 radical (unpaired) electrons. The van der Waals surface area contributed by atoms with Gasteiger partial charge in [0.15, 0.2) is 0 Å². The average Bonchev–Trinajstić information content (AvgIpc) is 2.49. The van der Waals surface area contributed by atoms with Crippen LogP contribution < -0.4 is 5.32 Å². The normalized spacial score (nSPS) is 12.3. The highest BCUT2D eigenvalue weighted by atomic mass is 14.9. The standard InChI is InChI=1S/C17H22N2/c1-3-14-7-9-15(10-8-14)17(18-2)12-11-16-6-4-5-13-19-16/h4-10,13,17-18H,3,11-12H2,1-2H3. The summed E-state index contributed by atoms with van der Waals surface area (Å²) in [6.45, 7) is 2.19. The first-order valence-electron chi connectivity index (χ1n) is 6.99. The predicted molar refractivity (Wildman–Crippen MR) is 80.2 cm³/mol. The molecule has 1 unspecified atom stereocenters. The van der Waals surface area contributed by atoms with Gasteiger partial charge in [0.1, 0.15) is 0 Å². The van der Waals surface area contributed by atoms with E-state index in [0.717, 1.165) is 25.0 Å². The first kappa shape index (κ1) is 13.8. The first-order valence-corrected chi connectivity index (χ1v) is 6.99. The van der Waals surface area contributed by atoms with Crippen LogP contribution in [-0.4, -0.2) is 12.0 Å². The molecular formula is C17H22N2. The maximum atomic E-state index is 4.38. The number of nitrogens with zero attached hydrogens (tertiary/aromatic N) is 1. The van der Waals surface area contributed by atoms with Crippen LogP contribution in [-0.2, 0) is 12.8 Å². The molecule has 100 valence electrons. The Morgan fingerprint density at radius 3 is 2.47 bits per heavy atom. The van der Waals surface area contributed by atoms with Crippen molar-refractivity contribution >= 4 is 0 Å². The van der Waals surface area contributed by atoms with Crippen molar-refractivity contribution in [2.24, 2.45) is 0 Å². The molecular weight excluding hydrogens is 232 g/mol. The van der Waals surface area contributed by atoms with E-state index in [9.17, 15) is 0 Å². The lowest BCUT2D eigenvalue weighted by Crippen LogP contribution is -2.17. The van der Waals surface area contributed by atoms with Crippen LogP contribution in [0.4, 0.5) is 0 Å². The van der Waals surface area contributed by atoms with Gasteiger partial charge in [-0.15, -0.1) is 0 Å². The van der Waals surface area contributed by atoms with E-state index in [1.54, 1.807) is 0 Å². The summed E-state index contributed by atoms with van der Waals surface area (Å²) in [5, 5.41) is 3.40. The lowest BCUT2D eigenvalue weighted by molar-refractivity contribution is 0.545.